The van der Waals surface area contributed by atoms with Crippen molar-refractivity contribution in [1.29, 1.82) is 0 Å². The third-order valence-corrected chi connectivity index (χ3v) is 3.73. The summed E-state index contributed by atoms with van der Waals surface area (Å²) in [6, 6.07) is 0. The monoisotopic (exact) mass is 257 g/mol. The summed E-state index contributed by atoms with van der Waals surface area (Å²) < 4.78 is 5.53. The van der Waals surface area contributed by atoms with Gasteiger partial charge < -0.3 is 15.4 Å². The van der Waals surface area contributed by atoms with Gasteiger partial charge in [0.2, 0.25) is 0 Å². The Balaban J connectivity index is 2.56. The van der Waals surface area contributed by atoms with E-state index >= 15 is 0 Å². The molecule has 1 rings (SSSR count). The zero-order valence-electron chi connectivity index (χ0n) is 11.2. The van der Waals surface area contributed by atoms with E-state index in [0.717, 1.165) is 30.4 Å². The number of ether oxygens (including phenoxy) is 1. The second-order valence-electron chi connectivity index (χ2n) is 4.27. The maximum absolute atomic E-state index is 5.71. The standard InChI is InChI=1S/C12H23N3OS/c1-5-10-11(8-13)17-12(14-10)15(4)6-7-16-9(2)3/h9H,5-8,13H2,1-4H3. The molecule has 0 amide bonds. The average molecular weight is 257 g/mol. The maximum Gasteiger partial charge on any atom is 0.185 e. The van der Waals surface area contributed by atoms with Gasteiger partial charge in [-0.3, -0.25) is 0 Å². The van der Waals surface area contributed by atoms with Crippen molar-refractivity contribution in [3.8, 4) is 0 Å². The fraction of sp³-hybridized carbons (Fsp3) is 0.750. The van der Waals surface area contributed by atoms with E-state index in [1.807, 2.05) is 20.9 Å². The molecule has 5 heteroatoms. The van der Waals surface area contributed by atoms with Crippen LogP contribution in [0.3, 0.4) is 0 Å². The Morgan fingerprint density at radius 2 is 2.18 bits per heavy atom. The zero-order valence-corrected chi connectivity index (χ0v) is 12.0. The topological polar surface area (TPSA) is 51.4 Å². The summed E-state index contributed by atoms with van der Waals surface area (Å²) in [5.74, 6) is 0. The maximum atomic E-state index is 5.71. The minimum absolute atomic E-state index is 0.283. The lowest BCUT2D eigenvalue weighted by Crippen LogP contribution is -2.23. The van der Waals surface area contributed by atoms with Crippen molar-refractivity contribution in [2.45, 2.75) is 39.8 Å². The van der Waals surface area contributed by atoms with Crippen molar-refractivity contribution < 1.29 is 4.74 Å². The number of hydrogen-bond donors (Lipinski definition) is 1. The van der Waals surface area contributed by atoms with Gasteiger partial charge in [-0.1, -0.05) is 6.92 Å². The molecule has 0 aliphatic rings. The summed E-state index contributed by atoms with van der Waals surface area (Å²) in [5, 5.41) is 1.04. The molecule has 0 spiro atoms. The molecule has 0 aliphatic carbocycles. The van der Waals surface area contributed by atoms with Gasteiger partial charge in [-0.15, -0.1) is 11.3 Å². The van der Waals surface area contributed by atoms with Gasteiger partial charge in [0, 0.05) is 25.0 Å². The number of aryl methyl sites for hydroxylation is 1. The quantitative estimate of drug-likeness (QED) is 0.812. The second-order valence-corrected chi connectivity index (χ2v) is 5.33. The van der Waals surface area contributed by atoms with Gasteiger partial charge in [0.05, 0.1) is 18.4 Å². The summed E-state index contributed by atoms with van der Waals surface area (Å²) in [6.07, 6.45) is 1.23. The normalized spacial score (nSPS) is 11.2. The molecule has 0 fully saturated rings. The largest absolute Gasteiger partial charge is 0.377 e. The molecule has 4 nitrogen and oxygen atoms in total. The van der Waals surface area contributed by atoms with Crippen LogP contribution in [0.15, 0.2) is 0 Å². The van der Waals surface area contributed by atoms with Crippen molar-refractivity contribution in [1.82, 2.24) is 4.98 Å². The second kappa shape index (κ2) is 6.93. The minimum atomic E-state index is 0.283. The molecular formula is C12H23N3OS. The van der Waals surface area contributed by atoms with Gasteiger partial charge in [0.25, 0.3) is 0 Å². The van der Waals surface area contributed by atoms with Crippen LogP contribution in [0.25, 0.3) is 0 Å². The van der Waals surface area contributed by atoms with Crippen molar-refractivity contribution in [2.75, 3.05) is 25.1 Å². The third-order valence-electron chi connectivity index (χ3n) is 2.49. The lowest BCUT2D eigenvalue weighted by molar-refractivity contribution is 0.0846. The van der Waals surface area contributed by atoms with Gasteiger partial charge >= 0.3 is 0 Å². The van der Waals surface area contributed by atoms with Gasteiger partial charge in [0.1, 0.15) is 0 Å². The highest BCUT2D eigenvalue weighted by Gasteiger charge is 2.11. The summed E-state index contributed by atoms with van der Waals surface area (Å²) in [4.78, 5) is 7.93. The van der Waals surface area contributed by atoms with Crippen LogP contribution < -0.4 is 10.6 Å². The first-order valence-corrected chi connectivity index (χ1v) is 6.91. The van der Waals surface area contributed by atoms with Crippen LogP contribution in [-0.4, -0.2) is 31.3 Å². The Labute approximate surface area is 108 Å². The van der Waals surface area contributed by atoms with Gasteiger partial charge in [-0.25, -0.2) is 4.98 Å². The Morgan fingerprint density at radius 1 is 1.47 bits per heavy atom. The summed E-state index contributed by atoms with van der Waals surface area (Å²) >= 11 is 1.69. The molecule has 0 aliphatic heterocycles. The first-order valence-electron chi connectivity index (χ1n) is 6.09. The Kier molecular flexibility index (Phi) is 5.88. The third kappa shape index (κ3) is 4.26. The van der Waals surface area contributed by atoms with E-state index in [2.05, 4.69) is 16.8 Å². The highest BCUT2D eigenvalue weighted by atomic mass is 32.1. The van der Waals surface area contributed by atoms with E-state index < -0.39 is 0 Å². The highest BCUT2D eigenvalue weighted by Crippen LogP contribution is 2.25. The molecule has 17 heavy (non-hydrogen) atoms. The van der Waals surface area contributed by atoms with E-state index in [1.165, 1.54) is 4.88 Å². The number of nitrogens with two attached hydrogens (primary N) is 1. The summed E-state index contributed by atoms with van der Waals surface area (Å²) in [7, 11) is 2.04. The van der Waals surface area contributed by atoms with Crippen LogP contribution in [0.4, 0.5) is 5.13 Å². The first kappa shape index (κ1) is 14.4. The number of nitrogens with zero attached hydrogens (tertiary/aromatic N) is 2. The lowest BCUT2D eigenvalue weighted by atomic mass is 10.3. The van der Waals surface area contributed by atoms with Crippen LogP contribution in [0.2, 0.25) is 0 Å². The summed E-state index contributed by atoms with van der Waals surface area (Å²) in [5.41, 5.74) is 6.84. The van der Waals surface area contributed by atoms with E-state index in [9.17, 15) is 0 Å². The van der Waals surface area contributed by atoms with Crippen LogP contribution in [0, 0.1) is 0 Å². The van der Waals surface area contributed by atoms with Crippen LogP contribution in [-0.2, 0) is 17.7 Å². The molecule has 1 aromatic rings. The molecule has 0 saturated heterocycles. The molecule has 0 aromatic carbocycles. The molecule has 2 N–H and O–H groups in total. The smallest absolute Gasteiger partial charge is 0.185 e. The number of anilines is 1. The fourth-order valence-electron chi connectivity index (χ4n) is 1.49. The number of aromatic nitrogens is 1. The SMILES string of the molecule is CCc1nc(N(C)CCOC(C)C)sc1CN. The average Bonchev–Trinajstić information content (AvgIpc) is 2.71. The molecule has 1 heterocycles. The molecule has 1 aromatic heterocycles. The predicted molar refractivity (Wildman–Crippen MR) is 73.7 cm³/mol. The van der Waals surface area contributed by atoms with E-state index in [-0.39, 0.29) is 6.10 Å². The van der Waals surface area contributed by atoms with E-state index in [1.54, 1.807) is 11.3 Å². The lowest BCUT2D eigenvalue weighted by Gasteiger charge is -2.16. The molecule has 0 saturated carbocycles. The summed E-state index contributed by atoms with van der Waals surface area (Å²) in [6.45, 7) is 8.37. The predicted octanol–water partition coefficient (Wildman–Crippen LogP) is 2.03. The van der Waals surface area contributed by atoms with E-state index in [4.69, 9.17) is 10.5 Å². The first-order chi connectivity index (χ1) is 8.08. The van der Waals surface area contributed by atoms with Gasteiger partial charge in [-0.2, -0.15) is 0 Å². The molecule has 0 radical (unpaired) electrons. The number of likely N-dealkylation sites (N-methyl/N-ethyl adjacent to an activating group) is 1. The van der Waals surface area contributed by atoms with E-state index in [0.29, 0.717) is 6.54 Å². The van der Waals surface area contributed by atoms with Crippen molar-refractivity contribution in [2.24, 2.45) is 5.73 Å². The molecule has 0 unspecified atom stereocenters. The Morgan fingerprint density at radius 3 is 2.65 bits per heavy atom. The molecule has 0 bridgehead atoms. The number of thiazole rings is 1. The van der Waals surface area contributed by atoms with Crippen LogP contribution in [0.5, 0.6) is 0 Å². The minimum Gasteiger partial charge on any atom is -0.377 e. The van der Waals surface area contributed by atoms with Gasteiger partial charge in [0.15, 0.2) is 5.13 Å². The molecule has 0 atom stereocenters. The van der Waals surface area contributed by atoms with Gasteiger partial charge in [-0.05, 0) is 20.3 Å². The highest BCUT2D eigenvalue weighted by molar-refractivity contribution is 7.15. The Hall–Kier alpha value is -0.650. The van der Waals surface area contributed by atoms with Crippen molar-refractivity contribution >= 4 is 16.5 Å². The molecule has 98 valence electrons. The van der Waals surface area contributed by atoms with Crippen molar-refractivity contribution in [3.63, 3.8) is 0 Å². The number of rotatable bonds is 7. The van der Waals surface area contributed by atoms with Crippen molar-refractivity contribution in [3.05, 3.63) is 10.6 Å². The fourth-order valence-corrected chi connectivity index (χ4v) is 2.50. The molecular weight excluding hydrogens is 234 g/mol. The zero-order chi connectivity index (χ0) is 12.8. The van der Waals surface area contributed by atoms with Crippen LogP contribution >= 0.6 is 11.3 Å². The number of hydrogen-bond acceptors (Lipinski definition) is 5. The van der Waals surface area contributed by atoms with Crippen LogP contribution in [0.1, 0.15) is 31.3 Å². The Bertz CT molecular complexity index is 317.